The molecule has 0 bridgehead atoms. The molecule has 6 nitrogen and oxygen atoms in total. The zero-order valence-corrected chi connectivity index (χ0v) is 13.3. The van der Waals surface area contributed by atoms with E-state index in [0.717, 1.165) is 0 Å². The van der Waals surface area contributed by atoms with Gasteiger partial charge >= 0.3 is 5.69 Å². The molecule has 2 rings (SSSR count). The van der Waals surface area contributed by atoms with Crippen LogP contribution in [-0.4, -0.2) is 20.7 Å². The molecular formula is C14H24N4O2. The van der Waals surface area contributed by atoms with Gasteiger partial charge in [-0.1, -0.05) is 41.5 Å². The van der Waals surface area contributed by atoms with Gasteiger partial charge in [-0.3, -0.25) is 10.1 Å². The summed E-state index contributed by atoms with van der Waals surface area (Å²) in [6, 6.07) is 0.212. The van der Waals surface area contributed by atoms with Gasteiger partial charge in [-0.15, -0.1) is 0 Å². The third kappa shape index (κ3) is 1.89. The standard InChI is InChI=1S/C14H24N4O2/c1-8(2)9-10(18(19)20)11(17(7)16-9)15-12-13(3,4)14(12,5)6/h8,12,15H,1-7H3. The molecule has 1 N–H and O–H groups in total. The van der Waals surface area contributed by atoms with Crippen molar-refractivity contribution in [2.24, 2.45) is 17.9 Å². The molecule has 1 saturated carbocycles. The van der Waals surface area contributed by atoms with Crippen molar-refractivity contribution >= 4 is 11.5 Å². The lowest BCUT2D eigenvalue weighted by molar-refractivity contribution is -0.384. The Bertz CT molecular complexity index is 544. The molecule has 0 spiro atoms. The normalized spacial score (nSPS) is 20.2. The number of nitro groups is 1. The van der Waals surface area contributed by atoms with Crippen molar-refractivity contribution in [3.63, 3.8) is 0 Å². The van der Waals surface area contributed by atoms with E-state index in [0.29, 0.717) is 11.5 Å². The van der Waals surface area contributed by atoms with E-state index in [1.807, 2.05) is 13.8 Å². The van der Waals surface area contributed by atoms with Crippen molar-refractivity contribution in [1.82, 2.24) is 9.78 Å². The summed E-state index contributed by atoms with van der Waals surface area (Å²) in [6.45, 7) is 12.5. The molecule has 0 radical (unpaired) electrons. The largest absolute Gasteiger partial charge is 0.361 e. The van der Waals surface area contributed by atoms with Crippen LogP contribution in [0, 0.1) is 20.9 Å². The van der Waals surface area contributed by atoms with E-state index >= 15 is 0 Å². The van der Waals surface area contributed by atoms with Gasteiger partial charge in [-0.25, -0.2) is 4.68 Å². The first-order valence-electron chi connectivity index (χ1n) is 6.99. The van der Waals surface area contributed by atoms with Crippen molar-refractivity contribution in [1.29, 1.82) is 0 Å². The Morgan fingerprint density at radius 2 is 1.80 bits per heavy atom. The fraction of sp³-hybridized carbons (Fsp3) is 0.786. The molecule has 1 fully saturated rings. The highest BCUT2D eigenvalue weighted by Gasteiger charge is 2.65. The number of hydrogen-bond donors (Lipinski definition) is 1. The molecule has 112 valence electrons. The fourth-order valence-corrected chi connectivity index (χ4v) is 2.96. The highest BCUT2D eigenvalue weighted by Crippen LogP contribution is 2.64. The quantitative estimate of drug-likeness (QED) is 0.678. The summed E-state index contributed by atoms with van der Waals surface area (Å²) >= 11 is 0. The van der Waals surface area contributed by atoms with Gasteiger partial charge < -0.3 is 5.32 Å². The Labute approximate surface area is 119 Å². The minimum atomic E-state index is -0.326. The molecule has 0 atom stereocenters. The fourth-order valence-electron chi connectivity index (χ4n) is 2.96. The SMILES string of the molecule is CC(C)c1nn(C)c(NC2C(C)(C)C2(C)C)c1[N+](=O)[O-]. The van der Waals surface area contributed by atoms with Crippen LogP contribution in [-0.2, 0) is 7.05 Å². The van der Waals surface area contributed by atoms with Gasteiger partial charge in [0.05, 0.1) is 4.92 Å². The van der Waals surface area contributed by atoms with Crippen molar-refractivity contribution in [3.8, 4) is 0 Å². The maximum Gasteiger partial charge on any atom is 0.334 e. The second-order valence-electron chi connectivity index (χ2n) is 7.14. The number of rotatable bonds is 4. The van der Waals surface area contributed by atoms with E-state index in [9.17, 15) is 10.1 Å². The van der Waals surface area contributed by atoms with Crippen LogP contribution in [0.3, 0.4) is 0 Å². The van der Waals surface area contributed by atoms with E-state index in [1.54, 1.807) is 11.7 Å². The predicted octanol–water partition coefficient (Wildman–Crippen LogP) is 3.30. The Morgan fingerprint density at radius 1 is 1.30 bits per heavy atom. The van der Waals surface area contributed by atoms with Crippen LogP contribution in [0.25, 0.3) is 0 Å². The van der Waals surface area contributed by atoms with Gasteiger partial charge in [-0.2, -0.15) is 5.10 Å². The zero-order chi connectivity index (χ0) is 15.5. The van der Waals surface area contributed by atoms with Crippen molar-refractivity contribution in [2.45, 2.75) is 53.5 Å². The molecule has 1 aromatic rings. The summed E-state index contributed by atoms with van der Waals surface area (Å²) in [7, 11) is 1.75. The molecule has 0 saturated heterocycles. The van der Waals surface area contributed by atoms with E-state index in [2.05, 4.69) is 38.1 Å². The maximum absolute atomic E-state index is 11.4. The van der Waals surface area contributed by atoms with Gasteiger partial charge in [0.1, 0.15) is 5.69 Å². The predicted molar refractivity (Wildman–Crippen MR) is 78.9 cm³/mol. The Kier molecular flexibility index (Phi) is 3.11. The molecule has 20 heavy (non-hydrogen) atoms. The number of nitrogens with one attached hydrogen (secondary N) is 1. The minimum Gasteiger partial charge on any atom is -0.361 e. The number of anilines is 1. The molecule has 6 heteroatoms. The van der Waals surface area contributed by atoms with Crippen LogP contribution in [0.4, 0.5) is 11.5 Å². The molecule has 0 amide bonds. The number of aromatic nitrogens is 2. The van der Waals surface area contributed by atoms with Crippen LogP contribution in [0.15, 0.2) is 0 Å². The highest BCUT2D eigenvalue weighted by atomic mass is 16.6. The van der Waals surface area contributed by atoms with Crippen LogP contribution in [0.5, 0.6) is 0 Å². The van der Waals surface area contributed by atoms with Crippen molar-refractivity contribution < 1.29 is 4.92 Å². The van der Waals surface area contributed by atoms with Crippen LogP contribution >= 0.6 is 0 Å². The zero-order valence-electron chi connectivity index (χ0n) is 13.3. The third-order valence-electron chi connectivity index (χ3n) is 5.08. The lowest BCUT2D eigenvalue weighted by Crippen LogP contribution is -2.14. The van der Waals surface area contributed by atoms with Crippen molar-refractivity contribution in [3.05, 3.63) is 15.8 Å². The van der Waals surface area contributed by atoms with Crippen LogP contribution in [0.2, 0.25) is 0 Å². The topological polar surface area (TPSA) is 73.0 Å². The van der Waals surface area contributed by atoms with Gasteiger partial charge in [-0.05, 0) is 10.8 Å². The molecule has 1 aliphatic rings. The molecule has 1 aromatic heterocycles. The lowest BCUT2D eigenvalue weighted by atomic mass is 10.0. The second kappa shape index (κ2) is 4.20. The van der Waals surface area contributed by atoms with Gasteiger partial charge in [0, 0.05) is 19.0 Å². The Balaban J connectivity index is 2.41. The summed E-state index contributed by atoms with van der Waals surface area (Å²) < 4.78 is 1.60. The van der Waals surface area contributed by atoms with Crippen LogP contribution in [0.1, 0.15) is 53.2 Å². The summed E-state index contributed by atoms with van der Waals surface area (Å²) in [5.41, 5.74) is 0.879. The lowest BCUT2D eigenvalue weighted by Gasteiger charge is -2.07. The van der Waals surface area contributed by atoms with Crippen molar-refractivity contribution in [2.75, 3.05) is 5.32 Å². The monoisotopic (exact) mass is 280 g/mol. The van der Waals surface area contributed by atoms with E-state index in [1.165, 1.54) is 0 Å². The second-order valence-corrected chi connectivity index (χ2v) is 7.14. The molecular weight excluding hydrogens is 256 g/mol. The summed E-state index contributed by atoms with van der Waals surface area (Å²) in [5, 5.41) is 19.1. The Morgan fingerprint density at radius 3 is 2.15 bits per heavy atom. The first kappa shape index (κ1) is 14.8. The van der Waals surface area contributed by atoms with Crippen LogP contribution < -0.4 is 5.32 Å². The molecule has 1 aliphatic carbocycles. The van der Waals surface area contributed by atoms with E-state index < -0.39 is 0 Å². The smallest absolute Gasteiger partial charge is 0.334 e. The number of nitrogens with zero attached hydrogens (tertiary/aromatic N) is 3. The average molecular weight is 280 g/mol. The number of aryl methyl sites for hydroxylation is 1. The summed E-state index contributed by atoms with van der Waals surface area (Å²) in [4.78, 5) is 11.1. The number of hydrogen-bond acceptors (Lipinski definition) is 4. The van der Waals surface area contributed by atoms with Gasteiger partial charge in [0.25, 0.3) is 0 Å². The molecule has 0 aliphatic heterocycles. The maximum atomic E-state index is 11.4. The molecule has 0 aromatic carbocycles. The highest BCUT2D eigenvalue weighted by molar-refractivity contribution is 5.62. The summed E-state index contributed by atoms with van der Waals surface area (Å²) in [6.07, 6.45) is 0. The first-order chi connectivity index (χ1) is 9.01. The Hall–Kier alpha value is -1.59. The van der Waals surface area contributed by atoms with E-state index in [-0.39, 0.29) is 33.4 Å². The van der Waals surface area contributed by atoms with Gasteiger partial charge in [0.2, 0.25) is 5.82 Å². The minimum absolute atomic E-state index is 0.0253. The average Bonchev–Trinajstić information content (AvgIpc) is 2.58. The molecule has 0 unspecified atom stereocenters. The molecule has 1 heterocycles. The third-order valence-corrected chi connectivity index (χ3v) is 5.08. The van der Waals surface area contributed by atoms with E-state index in [4.69, 9.17) is 0 Å². The summed E-state index contributed by atoms with van der Waals surface area (Å²) in [5.74, 6) is 0.541. The van der Waals surface area contributed by atoms with Gasteiger partial charge in [0.15, 0.2) is 0 Å². The first-order valence-corrected chi connectivity index (χ1v) is 6.99.